The van der Waals surface area contributed by atoms with E-state index in [0.29, 0.717) is 5.56 Å². The van der Waals surface area contributed by atoms with Crippen LogP contribution in [0, 0.1) is 0 Å². The topological polar surface area (TPSA) is 72.6 Å². The van der Waals surface area contributed by atoms with Crippen molar-refractivity contribution in [2.45, 2.75) is 6.04 Å². The van der Waals surface area contributed by atoms with E-state index in [1.54, 1.807) is 12.1 Å². The molecule has 17 heavy (non-hydrogen) atoms. The minimum absolute atomic E-state index is 0.101. The van der Waals surface area contributed by atoms with E-state index in [9.17, 15) is 9.59 Å². The van der Waals surface area contributed by atoms with Crippen LogP contribution in [0.1, 0.15) is 11.6 Å². The summed E-state index contributed by atoms with van der Waals surface area (Å²) >= 11 is 0. The summed E-state index contributed by atoms with van der Waals surface area (Å²) in [5, 5.41) is 0. The molecule has 0 unspecified atom stereocenters. The number of nitrogens with zero attached hydrogens (tertiary/aromatic N) is 1. The van der Waals surface area contributed by atoms with Crippen molar-refractivity contribution in [3.8, 4) is 0 Å². The van der Waals surface area contributed by atoms with Gasteiger partial charge in [-0.1, -0.05) is 30.3 Å². The van der Waals surface area contributed by atoms with E-state index in [1.807, 2.05) is 18.2 Å². The summed E-state index contributed by atoms with van der Waals surface area (Å²) in [5.74, 6) is -0.789. The van der Waals surface area contributed by atoms with Gasteiger partial charge >= 0.3 is 5.97 Å². The van der Waals surface area contributed by atoms with Crippen LogP contribution in [0.25, 0.3) is 0 Å². The molecule has 0 heterocycles. The van der Waals surface area contributed by atoms with E-state index < -0.39 is 12.0 Å². The highest BCUT2D eigenvalue weighted by Crippen LogP contribution is 2.11. The Morgan fingerprint density at radius 2 is 1.94 bits per heavy atom. The van der Waals surface area contributed by atoms with Crippen LogP contribution in [0.4, 0.5) is 0 Å². The summed E-state index contributed by atoms with van der Waals surface area (Å²) < 4.78 is 4.48. The van der Waals surface area contributed by atoms with E-state index in [4.69, 9.17) is 5.73 Å². The van der Waals surface area contributed by atoms with Crippen LogP contribution < -0.4 is 5.73 Å². The number of methoxy groups -OCH3 is 1. The summed E-state index contributed by atoms with van der Waals surface area (Å²) in [7, 11) is 2.79. The fraction of sp³-hybridized carbons (Fsp3) is 0.333. The van der Waals surface area contributed by atoms with Gasteiger partial charge in [-0.15, -0.1) is 0 Å². The van der Waals surface area contributed by atoms with Gasteiger partial charge in [0.25, 0.3) is 0 Å². The normalized spacial score (nSPS) is 11.7. The van der Waals surface area contributed by atoms with Crippen LogP contribution in [0.2, 0.25) is 0 Å². The number of hydrogen-bond acceptors (Lipinski definition) is 4. The smallest absolute Gasteiger partial charge is 0.325 e. The summed E-state index contributed by atoms with van der Waals surface area (Å²) in [6.07, 6.45) is 0. The molecule has 0 saturated carbocycles. The Labute approximate surface area is 100 Å². The molecule has 0 spiro atoms. The highest BCUT2D eigenvalue weighted by atomic mass is 16.5. The van der Waals surface area contributed by atoms with Gasteiger partial charge in [-0.05, 0) is 5.56 Å². The third kappa shape index (κ3) is 3.57. The van der Waals surface area contributed by atoms with Crippen molar-refractivity contribution < 1.29 is 14.3 Å². The minimum atomic E-state index is -0.758. The molecule has 1 atom stereocenters. The van der Waals surface area contributed by atoms with Gasteiger partial charge in [0.15, 0.2) is 0 Å². The zero-order valence-electron chi connectivity index (χ0n) is 9.92. The molecule has 1 amide bonds. The van der Waals surface area contributed by atoms with E-state index in [2.05, 4.69) is 4.74 Å². The van der Waals surface area contributed by atoms with Crippen molar-refractivity contribution in [1.29, 1.82) is 0 Å². The highest BCUT2D eigenvalue weighted by molar-refractivity contribution is 5.86. The van der Waals surface area contributed by atoms with E-state index >= 15 is 0 Å². The van der Waals surface area contributed by atoms with Crippen molar-refractivity contribution >= 4 is 11.9 Å². The molecular weight excluding hydrogens is 220 g/mol. The Morgan fingerprint density at radius 1 is 1.35 bits per heavy atom. The first kappa shape index (κ1) is 13.2. The van der Waals surface area contributed by atoms with Crippen LogP contribution in [0.15, 0.2) is 30.3 Å². The van der Waals surface area contributed by atoms with Gasteiger partial charge in [0.1, 0.15) is 12.6 Å². The van der Waals surface area contributed by atoms with Gasteiger partial charge < -0.3 is 15.4 Å². The zero-order chi connectivity index (χ0) is 12.8. The van der Waals surface area contributed by atoms with Crippen molar-refractivity contribution in [3.05, 3.63) is 35.9 Å². The monoisotopic (exact) mass is 236 g/mol. The number of benzene rings is 1. The average molecular weight is 236 g/mol. The molecule has 1 rings (SSSR count). The number of likely N-dealkylation sites (N-methyl/N-ethyl adjacent to an activating group) is 1. The fourth-order valence-corrected chi connectivity index (χ4v) is 1.38. The second-order valence-corrected chi connectivity index (χ2v) is 3.66. The first-order valence-electron chi connectivity index (χ1n) is 5.18. The SMILES string of the molecule is COC(=O)CN(C)C(=O)[C@@H](N)c1ccccc1. The summed E-state index contributed by atoms with van der Waals surface area (Å²) in [6, 6.07) is 8.25. The average Bonchev–Trinajstić information content (AvgIpc) is 2.37. The lowest BCUT2D eigenvalue weighted by atomic mass is 10.1. The van der Waals surface area contributed by atoms with Gasteiger partial charge in [-0.2, -0.15) is 0 Å². The second kappa shape index (κ2) is 6.00. The van der Waals surface area contributed by atoms with E-state index in [0.717, 1.165) is 0 Å². The third-order valence-electron chi connectivity index (χ3n) is 2.39. The zero-order valence-corrected chi connectivity index (χ0v) is 9.92. The predicted molar refractivity (Wildman–Crippen MR) is 63.0 cm³/mol. The van der Waals surface area contributed by atoms with Gasteiger partial charge in [0, 0.05) is 7.05 Å². The first-order valence-corrected chi connectivity index (χ1v) is 5.18. The quantitative estimate of drug-likeness (QED) is 0.764. The Kier molecular flexibility index (Phi) is 4.66. The number of ether oxygens (including phenoxy) is 1. The molecule has 0 aliphatic rings. The molecule has 0 fully saturated rings. The minimum Gasteiger partial charge on any atom is -0.468 e. The lowest BCUT2D eigenvalue weighted by Gasteiger charge is -2.20. The van der Waals surface area contributed by atoms with Gasteiger partial charge in [-0.25, -0.2) is 0 Å². The number of carbonyl (C=O) groups excluding carboxylic acids is 2. The molecule has 0 aliphatic heterocycles. The first-order chi connectivity index (χ1) is 8.06. The Bertz CT molecular complexity index is 392. The number of nitrogens with two attached hydrogens (primary N) is 1. The predicted octanol–water partition coefficient (Wildman–Crippen LogP) is 0.318. The maximum atomic E-state index is 11.9. The van der Waals surface area contributed by atoms with Gasteiger partial charge in [-0.3, -0.25) is 9.59 Å². The molecule has 1 aromatic rings. The number of amides is 1. The molecular formula is C12H16N2O3. The number of hydrogen-bond donors (Lipinski definition) is 1. The lowest BCUT2D eigenvalue weighted by molar-refractivity contribution is -0.146. The molecule has 5 heteroatoms. The largest absolute Gasteiger partial charge is 0.468 e. The van der Waals surface area contributed by atoms with Crippen molar-refractivity contribution in [2.75, 3.05) is 20.7 Å². The fourth-order valence-electron chi connectivity index (χ4n) is 1.38. The Hall–Kier alpha value is -1.88. The number of rotatable bonds is 4. The molecule has 5 nitrogen and oxygen atoms in total. The molecule has 0 saturated heterocycles. The lowest BCUT2D eigenvalue weighted by Crippen LogP contribution is -2.39. The Morgan fingerprint density at radius 3 is 2.47 bits per heavy atom. The van der Waals surface area contributed by atoms with Crippen LogP contribution in [0.5, 0.6) is 0 Å². The Balaban J connectivity index is 2.67. The maximum Gasteiger partial charge on any atom is 0.325 e. The second-order valence-electron chi connectivity index (χ2n) is 3.66. The molecule has 2 N–H and O–H groups in total. The molecule has 0 bridgehead atoms. The third-order valence-corrected chi connectivity index (χ3v) is 2.39. The van der Waals surface area contributed by atoms with E-state index in [-0.39, 0.29) is 12.5 Å². The van der Waals surface area contributed by atoms with E-state index in [1.165, 1.54) is 19.1 Å². The van der Waals surface area contributed by atoms with Crippen molar-refractivity contribution in [3.63, 3.8) is 0 Å². The van der Waals surface area contributed by atoms with Gasteiger partial charge in [0.05, 0.1) is 7.11 Å². The molecule has 0 aliphatic carbocycles. The van der Waals surface area contributed by atoms with Crippen LogP contribution in [-0.2, 0) is 14.3 Å². The van der Waals surface area contributed by atoms with Crippen molar-refractivity contribution in [2.24, 2.45) is 5.73 Å². The summed E-state index contributed by atoms with van der Waals surface area (Å²) in [4.78, 5) is 24.2. The number of carbonyl (C=O) groups is 2. The van der Waals surface area contributed by atoms with Crippen molar-refractivity contribution in [1.82, 2.24) is 4.90 Å². The summed E-state index contributed by atoms with van der Waals surface area (Å²) in [5.41, 5.74) is 6.53. The van der Waals surface area contributed by atoms with Crippen LogP contribution in [0.3, 0.4) is 0 Å². The summed E-state index contributed by atoms with van der Waals surface area (Å²) in [6.45, 7) is -0.101. The van der Waals surface area contributed by atoms with Crippen LogP contribution >= 0.6 is 0 Å². The van der Waals surface area contributed by atoms with Crippen LogP contribution in [-0.4, -0.2) is 37.5 Å². The number of esters is 1. The molecule has 1 aromatic carbocycles. The van der Waals surface area contributed by atoms with Gasteiger partial charge in [0.2, 0.25) is 5.91 Å². The highest BCUT2D eigenvalue weighted by Gasteiger charge is 2.21. The molecule has 0 radical (unpaired) electrons. The molecule has 0 aromatic heterocycles. The standard InChI is InChI=1S/C12H16N2O3/c1-14(8-10(15)17-2)12(16)11(13)9-6-4-3-5-7-9/h3-7,11H,8,13H2,1-2H3/t11-/m0/s1. The molecule has 92 valence electrons. The maximum absolute atomic E-state index is 11.9.